The van der Waals surface area contributed by atoms with Crippen LogP contribution in [0.25, 0.3) is 0 Å². The summed E-state index contributed by atoms with van der Waals surface area (Å²) in [5, 5.41) is -2.20. The molecule has 0 aromatic rings. The molecule has 0 fully saturated rings. The maximum atomic E-state index is 10.3. The minimum Gasteiger partial charge on any atom is -0.282 e. The zero-order valence-electron chi connectivity index (χ0n) is 5.04. The minimum atomic E-state index is -4.09. The molecule has 0 aromatic carbocycles. The van der Waals surface area contributed by atoms with Gasteiger partial charge in [0.05, 0.1) is 0 Å². The van der Waals surface area contributed by atoms with Crippen molar-refractivity contribution in [3.8, 4) is 0 Å². The highest BCUT2D eigenvalue weighted by Crippen LogP contribution is 1.91. The molecule has 0 unspecified atom stereocenters. The molecule has 4 nitrogen and oxygen atoms in total. The van der Waals surface area contributed by atoms with Crippen molar-refractivity contribution in [1.29, 1.82) is 0 Å². The average molecular weight is 150 g/mol. The lowest BCUT2D eigenvalue weighted by Gasteiger charge is -1.88. The first-order valence-corrected chi connectivity index (χ1v) is 3.63. The summed E-state index contributed by atoms with van der Waals surface area (Å²) in [6, 6.07) is 0. The molecule has 0 atom stereocenters. The van der Waals surface area contributed by atoms with E-state index in [-0.39, 0.29) is 0 Å². The van der Waals surface area contributed by atoms with Gasteiger partial charge in [0.1, 0.15) is 0 Å². The molecule has 5 heteroatoms. The number of carbonyl (C=O) groups excluding carboxylic acids is 2. The van der Waals surface area contributed by atoms with Gasteiger partial charge in [0.25, 0.3) is 20.1 Å². The second-order valence-corrected chi connectivity index (χ2v) is 3.64. The van der Waals surface area contributed by atoms with Crippen molar-refractivity contribution in [3.05, 3.63) is 0 Å². The van der Waals surface area contributed by atoms with Crippen molar-refractivity contribution < 1.29 is 18.0 Å². The smallest absolute Gasteiger partial charge is 0.272 e. The van der Waals surface area contributed by atoms with E-state index in [0.717, 1.165) is 13.8 Å². The van der Waals surface area contributed by atoms with Crippen molar-refractivity contribution in [1.82, 2.24) is 0 Å². The number of carbonyl (C=O) groups is 2. The first kappa shape index (κ1) is 8.29. The normalized spacial score (nSPS) is 10.9. The fourth-order valence-electron chi connectivity index (χ4n) is 0.202. The number of rotatable bonds is 0. The molecular formula is C4H6O4S. The predicted molar refractivity (Wildman–Crippen MR) is 30.3 cm³/mol. The number of hydrogen-bond donors (Lipinski definition) is 0. The van der Waals surface area contributed by atoms with Crippen LogP contribution >= 0.6 is 0 Å². The van der Waals surface area contributed by atoms with E-state index in [1.165, 1.54) is 0 Å². The Labute approximate surface area is 52.8 Å². The Morgan fingerprint density at radius 2 is 1.22 bits per heavy atom. The van der Waals surface area contributed by atoms with Crippen LogP contribution in [0.5, 0.6) is 0 Å². The van der Waals surface area contributed by atoms with E-state index in [1.807, 2.05) is 0 Å². The van der Waals surface area contributed by atoms with Gasteiger partial charge < -0.3 is 0 Å². The molecule has 0 saturated carbocycles. The molecule has 0 aliphatic carbocycles. The van der Waals surface area contributed by atoms with Crippen LogP contribution in [-0.2, 0) is 19.4 Å². The molecule has 0 spiro atoms. The van der Waals surface area contributed by atoms with Crippen molar-refractivity contribution in [2.24, 2.45) is 0 Å². The Bertz CT molecular complexity index is 215. The van der Waals surface area contributed by atoms with Gasteiger partial charge in [0, 0.05) is 13.8 Å². The number of hydrogen-bond acceptors (Lipinski definition) is 4. The summed E-state index contributed by atoms with van der Waals surface area (Å²) in [4.78, 5) is 20.2. The molecule has 0 amide bonds. The summed E-state index contributed by atoms with van der Waals surface area (Å²) >= 11 is 0. The second kappa shape index (κ2) is 2.26. The zero-order chi connectivity index (χ0) is 7.65. The Morgan fingerprint density at radius 3 is 1.22 bits per heavy atom. The highest BCUT2D eigenvalue weighted by molar-refractivity contribution is 8.18. The van der Waals surface area contributed by atoms with Crippen LogP contribution < -0.4 is 0 Å². The first-order valence-electron chi connectivity index (χ1n) is 2.15. The Hall–Kier alpha value is -0.710. The molecule has 0 aromatic heterocycles. The van der Waals surface area contributed by atoms with Crippen LogP contribution in [0.4, 0.5) is 0 Å². The van der Waals surface area contributed by atoms with Crippen LogP contribution in [0.1, 0.15) is 13.8 Å². The van der Waals surface area contributed by atoms with Gasteiger partial charge in [-0.1, -0.05) is 0 Å². The van der Waals surface area contributed by atoms with Crippen molar-refractivity contribution >= 4 is 20.1 Å². The summed E-state index contributed by atoms with van der Waals surface area (Å²) in [6.07, 6.45) is 0. The summed E-state index contributed by atoms with van der Waals surface area (Å²) in [5.41, 5.74) is 0. The highest BCUT2D eigenvalue weighted by Gasteiger charge is 2.22. The van der Waals surface area contributed by atoms with E-state index in [9.17, 15) is 18.0 Å². The van der Waals surface area contributed by atoms with Crippen LogP contribution in [0, 0.1) is 0 Å². The summed E-state index contributed by atoms with van der Waals surface area (Å²) in [6.45, 7) is 1.69. The summed E-state index contributed by atoms with van der Waals surface area (Å²) < 4.78 is 20.7. The van der Waals surface area contributed by atoms with Gasteiger partial charge in [0.2, 0.25) is 0 Å². The molecular weight excluding hydrogens is 144 g/mol. The molecule has 0 bridgehead atoms. The number of sulfone groups is 1. The predicted octanol–water partition coefficient (Wildman–Crippen LogP) is -0.506. The van der Waals surface area contributed by atoms with E-state index in [4.69, 9.17) is 0 Å². The molecule has 9 heavy (non-hydrogen) atoms. The molecule has 0 aliphatic heterocycles. The van der Waals surface area contributed by atoms with Crippen molar-refractivity contribution in [2.45, 2.75) is 13.8 Å². The molecule has 0 aliphatic rings. The van der Waals surface area contributed by atoms with Gasteiger partial charge >= 0.3 is 0 Å². The molecule has 52 valence electrons. The van der Waals surface area contributed by atoms with Gasteiger partial charge in [0.15, 0.2) is 0 Å². The van der Waals surface area contributed by atoms with Gasteiger partial charge in [-0.05, 0) is 0 Å². The zero-order valence-corrected chi connectivity index (χ0v) is 5.86. The molecule has 0 heterocycles. The Balaban J connectivity index is 4.87. The maximum absolute atomic E-state index is 10.3. The van der Waals surface area contributed by atoms with Crippen LogP contribution in [0.2, 0.25) is 0 Å². The standard InChI is InChI=1S/C4H6O4S/c1-3(5)9(7,8)4(2)6/h1-2H3. The Kier molecular flexibility index (Phi) is 2.08. The van der Waals surface area contributed by atoms with E-state index in [2.05, 4.69) is 0 Å². The van der Waals surface area contributed by atoms with Crippen LogP contribution in [-0.4, -0.2) is 18.6 Å². The minimum absolute atomic E-state index is 0.844. The first-order chi connectivity index (χ1) is 3.89. The fourth-order valence-corrected chi connectivity index (χ4v) is 0.607. The molecule has 0 radical (unpaired) electrons. The third-order valence-corrected chi connectivity index (χ3v) is 2.27. The van der Waals surface area contributed by atoms with E-state index in [0.29, 0.717) is 0 Å². The lowest BCUT2D eigenvalue weighted by atomic mass is 10.9. The summed E-state index contributed by atoms with van der Waals surface area (Å²) in [7, 11) is -4.09. The second-order valence-electron chi connectivity index (χ2n) is 1.49. The van der Waals surface area contributed by atoms with Crippen LogP contribution in [0.3, 0.4) is 0 Å². The SMILES string of the molecule is CC(=O)S(=O)(=O)C(C)=O. The van der Waals surface area contributed by atoms with E-state index < -0.39 is 20.1 Å². The maximum Gasteiger partial charge on any atom is 0.272 e. The quantitative estimate of drug-likeness (QED) is 0.466. The van der Waals surface area contributed by atoms with Gasteiger partial charge in [-0.25, -0.2) is 8.42 Å². The van der Waals surface area contributed by atoms with Crippen LogP contribution in [0.15, 0.2) is 0 Å². The molecule has 0 rings (SSSR count). The van der Waals surface area contributed by atoms with Gasteiger partial charge in [-0.2, -0.15) is 0 Å². The average Bonchev–Trinajstić information content (AvgIpc) is 1.65. The third-order valence-electron chi connectivity index (χ3n) is 0.757. The molecule has 0 saturated heterocycles. The lowest BCUT2D eigenvalue weighted by Crippen LogP contribution is -2.18. The van der Waals surface area contributed by atoms with Gasteiger partial charge in [-0.15, -0.1) is 0 Å². The Morgan fingerprint density at radius 1 is 1.00 bits per heavy atom. The fraction of sp³-hybridized carbons (Fsp3) is 0.500. The largest absolute Gasteiger partial charge is 0.282 e. The molecule has 0 N–H and O–H groups in total. The lowest BCUT2D eigenvalue weighted by molar-refractivity contribution is -0.112. The monoisotopic (exact) mass is 150 g/mol. The van der Waals surface area contributed by atoms with Crippen molar-refractivity contribution in [3.63, 3.8) is 0 Å². The third kappa shape index (κ3) is 1.60. The van der Waals surface area contributed by atoms with Gasteiger partial charge in [-0.3, -0.25) is 9.59 Å². The van der Waals surface area contributed by atoms with E-state index in [1.54, 1.807) is 0 Å². The highest BCUT2D eigenvalue weighted by atomic mass is 32.2. The topological polar surface area (TPSA) is 68.3 Å². The van der Waals surface area contributed by atoms with E-state index >= 15 is 0 Å². The summed E-state index contributed by atoms with van der Waals surface area (Å²) in [5.74, 6) is 0. The van der Waals surface area contributed by atoms with Crippen molar-refractivity contribution in [2.75, 3.05) is 0 Å².